The number of rotatable bonds is 4. The first-order valence-electron chi connectivity index (χ1n) is 11.5. The molecule has 164 valence electrons. The van der Waals surface area contributed by atoms with E-state index in [1.54, 1.807) is 11.8 Å². The van der Waals surface area contributed by atoms with Crippen LogP contribution in [0.2, 0.25) is 0 Å². The summed E-state index contributed by atoms with van der Waals surface area (Å²) in [6.07, 6.45) is 4.43. The van der Waals surface area contributed by atoms with Crippen LogP contribution in [-0.2, 0) is 5.60 Å². The Labute approximate surface area is 204 Å². The van der Waals surface area contributed by atoms with Gasteiger partial charge in [0.2, 0.25) is 0 Å². The standard InChI is InChI=1S/C32H24OS/c1-23-11-16-27(17-12-23)34-28-18-14-26(15-19-28)32(25-8-3-2-4-9-25)22-21-30-29-10-6-5-7-24(29)13-20-31(30)33-32/h2-22H,1H3/t32-/m0/s1. The number of hydrogen-bond donors (Lipinski definition) is 0. The molecule has 0 unspecified atom stereocenters. The van der Waals surface area contributed by atoms with Crippen molar-refractivity contribution in [1.82, 2.24) is 0 Å². The van der Waals surface area contributed by atoms with Crippen molar-refractivity contribution in [3.05, 3.63) is 144 Å². The first kappa shape index (κ1) is 20.8. The van der Waals surface area contributed by atoms with Gasteiger partial charge in [-0.05, 0) is 60.2 Å². The number of aryl methyl sites for hydroxylation is 1. The van der Waals surface area contributed by atoms with Gasteiger partial charge in [0, 0.05) is 26.5 Å². The zero-order chi connectivity index (χ0) is 23.0. The van der Waals surface area contributed by atoms with E-state index in [0.717, 1.165) is 22.4 Å². The van der Waals surface area contributed by atoms with Crippen LogP contribution in [0.1, 0.15) is 22.3 Å². The Hall–Kier alpha value is -3.75. The number of fused-ring (bicyclic) bond motifs is 3. The van der Waals surface area contributed by atoms with E-state index in [2.05, 4.69) is 128 Å². The molecule has 5 aromatic rings. The average molecular weight is 457 g/mol. The molecule has 34 heavy (non-hydrogen) atoms. The first-order chi connectivity index (χ1) is 16.7. The van der Waals surface area contributed by atoms with Gasteiger partial charge in [-0.2, -0.15) is 0 Å². The lowest BCUT2D eigenvalue weighted by atomic mass is 9.83. The Morgan fingerprint density at radius 1 is 0.618 bits per heavy atom. The van der Waals surface area contributed by atoms with Crippen molar-refractivity contribution in [3.8, 4) is 5.75 Å². The van der Waals surface area contributed by atoms with Gasteiger partial charge in [-0.1, -0.05) is 102 Å². The summed E-state index contributed by atoms with van der Waals surface area (Å²) in [7, 11) is 0. The van der Waals surface area contributed by atoms with Gasteiger partial charge in [0.1, 0.15) is 5.75 Å². The molecule has 0 amide bonds. The van der Waals surface area contributed by atoms with Gasteiger partial charge in [0.15, 0.2) is 5.60 Å². The Kier molecular flexibility index (Phi) is 5.24. The van der Waals surface area contributed by atoms with Crippen molar-refractivity contribution in [3.63, 3.8) is 0 Å². The van der Waals surface area contributed by atoms with Crippen LogP contribution >= 0.6 is 11.8 Å². The third kappa shape index (κ3) is 3.70. The maximum absolute atomic E-state index is 6.88. The lowest BCUT2D eigenvalue weighted by Crippen LogP contribution is -2.34. The zero-order valence-electron chi connectivity index (χ0n) is 18.9. The Morgan fingerprint density at radius 2 is 1.26 bits per heavy atom. The third-order valence-electron chi connectivity index (χ3n) is 6.43. The summed E-state index contributed by atoms with van der Waals surface area (Å²) in [6.45, 7) is 2.12. The number of hydrogen-bond acceptors (Lipinski definition) is 2. The molecule has 5 aromatic carbocycles. The quantitative estimate of drug-likeness (QED) is 0.268. The molecule has 1 nitrogen and oxygen atoms in total. The van der Waals surface area contributed by atoms with Crippen LogP contribution in [0, 0.1) is 6.92 Å². The molecule has 0 fully saturated rings. The van der Waals surface area contributed by atoms with Gasteiger partial charge >= 0.3 is 0 Å². The van der Waals surface area contributed by atoms with E-state index >= 15 is 0 Å². The molecule has 1 aliphatic heterocycles. The van der Waals surface area contributed by atoms with E-state index in [1.165, 1.54) is 26.1 Å². The fraction of sp³-hybridized carbons (Fsp3) is 0.0625. The Balaban J connectivity index is 1.41. The summed E-state index contributed by atoms with van der Waals surface area (Å²) in [6, 6.07) is 40.6. The second-order valence-electron chi connectivity index (χ2n) is 8.68. The molecule has 6 rings (SSSR count). The number of benzene rings is 5. The average Bonchev–Trinajstić information content (AvgIpc) is 2.90. The van der Waals surface area contributed by atoms with Crippen molar-refractivity contribution in [2.24, 2.45) is 0 Å². The van der Waals surface area contributed by atoms with E-state index in [9.17, 15) is 0 Å². The van der Waals surface area contributed by atoms with Gasteiger partial charge < -0.3 is 4.74 Å². The molecule has 1 atom stereocenters. The van der Waals surface area contributed by atoms with E-state index in [0.29, 0.717) is 0 Å². The highest BCUT2D eigenvalue weighted by Gasteiger charge is 2.37. The SMILES string of the molecule is Cc1ccc(Sc2ccc([C@@]3(c4ccccc4)C=Cc4c(ccc5ccccc45)O3)cc2)cc1. The number of ether oxygens (including phenoxy) is 1. The predicted molar refractivity (Wildman–Crippen MR) is 143 cm³/mol. The minimum Gasteiger partial charge on any atom is -0.473 e. The summed E-state index contributed by atoms with van der Waals surface area (Å²) >= 11 is 1.78. The molecule has 0 bridgehead atoms. The smallest absolute Gasteiger partial charge is 0.178 e. The molecule has 0 N–H and O–H groups in total. The van der Waals surface area contributed by atoms with Crippen molar-refractivity contribution in [2.45, 2.75) is 22.3 Å². The van der Waals surface area contributed by atoms with Crippen molar-refractivity contribution in [1.29, 1.82) is 0 Å². The summed E-state index contributed by atoms with van der Waals surface area (Å²) in [4.78, 5) is 2.45. The Morgan fingerprint density at radius 3 is 2.03 bits per heavy atom. The van der Waals surface area contributed by atoms with E-state index in [-0.39, 0.29) is 0 Å². The molecule has 0 aromatic heterocycles. The molecular weight excluding hydrogens is 432 g/mol. The zero-order valence-corrected chi connectivity index (χ0v) is 19.8. The summed E-state index contributed by atoms with van der Waals surface area (Å²) < 4.78 is 6.88. The molecule has 0 radical (unpaired) electrons. The molecular formula is C32H24OS. The van der Waals surface area contributed by atoms with E-state index in [4.69, 9.17) is 4.74 Å². The molecule has 1 heterocycles. The maximum atomic E-state index is 6.88. The van der Waals surface area contributed by atoms with Crippen LogP contribution in [0.5, 0.6) is 5.75 Å². The molecule has 0 saturated heterocycles. The first-order valence-corrected chi connectivity index (χ1v) is 12.3. The van der Waals surface area contributed by atoms with Gasteiger partial charge in [-0.25, -0.2) is 0 Å². The molecule has 1 aliphatic rings. The van der Waals surface area contributed by atoms with E-state index < -0.39 is 5.60 Å². The Bertz CT molecular complexity index is 1480. The minimum atomic E-state index is -0.677. The third-order valence-corrected chi connectivity index (χ3v) is 7.44. The van der Waals surface area contributed by atoms with Crippen molar-refractivity contribution in [2.75, 3.05) is 0 Å². The van der Waals surface area contributed by atoms with Crippen LogP contribution in [0.15, 0.2) is 131 Å². The van der Waals surface area contributed by atoms with Crippen LogP contribution in [0.3, 0.4) is 0 Å². The normalized spacial score (nSPS) is 16.7. The lowest BCUT2D eigenvalue weighted by molar-refractivity contribution is 0.161. The topological polar surface area (TPSA) is 9.23 Å². The van der Waals surface area contributed by atoms with Crippen LogP contribution < -0.4 is 4.74 Å². The minimum absolute atomic E-state index is 0.677. The highest BCUT2D eigenvalue weighted by molar-refractivity contribution is 7.99. The monoisotopic (exact) mass is 456 g/mol. The fourth-order valence-electron chi connectivity index (χ4n) is 4.62. The molecule has 0 saturated carbocycles. The second-order valence-corrected chi connectivity index (χ2v) is 9.82. The molecule has 0 aliphatic carbocycles. The summed E-state index contributed by atoms with van der Waals surface area (Å²) in [5.41, 5.74) is 3.96. The molecule has 2 heteroatoms. The predicted octanol–water partition coefficient (Wildman–Crippen LogP) is 8.65. The summed E-state index contributed by atoms with van der Waals surface area (Å²) in [5, 5.41) is 2.43. The van der Waals surface area contributed by atoms with Crippen molar-refractivity contribution < 1.29 is 4.74 Å². The largest absolute Gasteiger partial charge is 0.473 e. The summed E-state index contributed by atoms with van der Waals surface area (Å²) in [5.74, 6) is 0.906. The van der Waals surface area contributed by atoms with Crippen LogP contribution in [-0.4, -0.2) is 0 Å². The van der Waals surface area contributed by atoms with Crippen LogP contribution in [0.4, 0.5) is 0 Å². The highest BCUT2D eigenvalue weighted by Crippen LogP contribution is 2.44. The van der Waals surface area contributed by atoms with Gasteiger partial charge in [-0.3, -0.25) is 0 Å². The van der Waals surface area contributed by atoms with Gasteiger partial charge in [-0.15, -0.1) is 0 Å². The van der Waals surface area contributed by atoms with E-state index in [1.807, 2.05) is 6.07 Å². The van der Waals surface area contributed by atoms with Crippen LogP contribution in [0.25, 0.3) is 16.8 Å². The van der Waals surface area contributed by atoms with Gasteiger partial charge in [0.05, 0.1) is 0 Å². The maximum Gasteiger partial charge on any atom is 0.178 e. The van der Waals surface area contributed by atoms with Gasteiger partial charge in [0.25, 0.3) is 0 Å². The molecule has 0 spiro atoms. The highest BCUT2D eigenvalue weighted by atomic mass is 32.2. The van der Waals surface area contributed by atoms with Crippen molar-refractivity contribution >= 4 is 28.6 Å². The lowest BCUT2D eigenvalue weighted by Gasteiger charge is -2.36. The second kappa shape index (κ2) is 8.55. The fourth-order valence-corrected chi connectivity index (χ4v) is 5.44.